The molecule has 0 radical (unpaired) electrons. The number of nitrogens with one attached hydrogen (secondary N) is 1. The third-order valence-electron chi connectivity index (χ3n) is 2.76. The van der Waals surface area contributed by atoms with Crippen LogP contribution in [0.1, 0.15) is 21.5 Å². The lowest BCUT2D eigenvalue weighted by atomic mass is 10.1. The Bertz CT molecular complexity index is 594. The summed E-state index contributed by atoms with van der Waals surface area (Å²) in [5, 5.41) is 2.89. The highest BCUT2D eigenvalue weighted by Gasteiger charge is 2.07. The Morgan fingerprint density at radius 1 is 1.00 bits per heavy atom. The molecule has 2 aromatic rings. The van der Waals surface area contributed by atoms with Crippen molar-refractivity contribution in [3.05, 3.63) is 68.1 Å². The summed E-state index contributed by atoms with van der Waals surface area (Å²) in [4.78, 5) is 12.1. The van der Waals surface area contributed by atoms with Crippen LogP contribution in [0.3, 0.4) is 0 Å². The Balaban J connectivity index is 2.00. The van der Waals surface area contributed by atoms with Crippen molar-refractivity contribution in [1.29, 1.82) is 0 Å². The van der Waals surface area contributed by atoms with Crippen LogP contribution >= 0.6 is 43.5 Å². The second-order valence-corrected chi connectivity index (χ2v) is 6.39. The van der Waals surface area contributed by atoms with Gasteiger partial charge >= 0.3 is 0 Å². The lowest BCUT2D eigenvalue weighted by Crippen LogP contribution is -2.22. The Labute approximate surface area is 139 Å². The van der Waals surface area contributed by atoms with E-state index in [2.05, 4.69) is 37.2 Å². The first kappa shape index (κ1) is 15.5. The summed E-state index contributed by atoms with van der Waals surface area (Å²) in [5.41, 5.74) is 2.72. The monoisotopic (exact) mass is 415 g/mol. The van der Waals surface area contributed by atoms with E-state index in [4.69, 9.17) is 11.6 Å². The van der Waals surface area contributed by atoms with Gasteiger partial charge in [-0.3, -0.25) is 4.79 Å². The van der Waals surface area contributed by atoms with E-state index >= 15 is 0 Å². The fourth-order valence-corrected chi connectivity index (χ4v) is 3.19. The van der Waals surface area contributed by atoms with Crippen LogP contribution in [-0.4, -0.2) is 5.91 Å². The highest BCUT2D eigenvalue weighted by atomic mass is 79.9. The van der Waals surface area contributed by atoms with Gasteiger partial charge in [0.05, 0.1) is 0 Å². The van der Waals surface area contributed by atoms with Crippen molar-refractivity contribution >= 4 is 49.4 Å². The van der Waals surface area contributed by atoms with Crippen molar-refractivity contribution in [3.63, 3.8) is 0 Å². The molecule has 104 valence electrons. The third kappa shape index (κ3) is 4.33. The number of alkyl halides is 1. The lowest BCUT2D eigenvalue weighted by molar-refractivity contribution is 0.0951. The molecule has 0 saturated heterocycles. The normalized spacial score (nSPS) is 10.3. The van der Waals surface area contributed by atoms with Gasteiger partial charge in [0.2, 0.25) is 0 Å². The minimum Gasteiger partial charge on any atom is -0.348 e. The smallest absolute Gasteiger partial charge is 0.251 e. The number of hydrogen-bond donors (Lipinski definition) is 1. The molecule has 0 atom stereocenters. The minimum atomic E-state index is -0.103. The topological polar surface area (TPSA) is 29.1 Å². The van der Waals surface area contributed by atoms with Crippen molar-refractivity contribution in [2.24, 2.45) is 0 Å². The summed E-state index contributed by atoms with van der Waals surface area (Å²) in [6.45, 7) is 0.492. The molecule has 1 amide bonds. The van der Waals surface area contributed by atoms with E-state index in [1.54, 1.807) is 12.1 Å². The highest BCUT2D eigenvalue weighted by Crippen LogP contribution is 2.20. The fraction of sp³-hybridized carbons (Fsp3) is 0.133. The number of carbonyl (C=O) groups is 1. The molecule has 0 aromatic heterocycles. The highest BCUT2D eigenvalue weighted by molar-refractivity contribution is 9.11. The maximum atomic E-state index is 12.1. The number of amides is 1. The minimum absolute atomic E-state index is 0.103. The number of benzene rings is 2. The quantitative estimate of drug-likeness (QED) is 0.706. The van der Waals surface area contributed by atoms with Crippen LogP contribution in [-0.2, 0) is 12.4 Å². The average molecular weight is 418 g/mol. The number of rotatable bonds is 4. The van der Waals surface area contributed by atoms with Gasteiger partial charge in [-0.05, 0) is 29.3 Å². The Hall–Kier alpha value is -0.840. The van der Waals surface area contributed by atoms with E-state index < -0.39 is 0 Å². The second-order valence-electron chi connectivity index (χ2n) is 4.29. The van der Waals surface area contributed by atoms with Gasteiger partial charge in [-0.25, -0.2) is 0 Å². The largest absolute Gasteiger partial charge is 0.348 e. The Morgan fingerprint density at radius 3 is 2.10 bits per heavy atom. The molecule has 0 spiro atoms. The van der Waals surface area contributed by atoms with E-state index in [-0.39, 0.29) is 5.91 Å². The van der Waals surface area contributed by atoms with Gasteiger partial charge in [0.1, 0.15) is 0 Å². The molecule has 20 heavy (non-hydrogen) atoms. The van der Waals surface area contributed by atoms with Gasteiger partial charge in [0.15, 0.2) is 0 Å². The molecule has 2 nitrogen and oxygen atoms in total. The summed E-state index contributed by atoms with van der Waals surface area (Å²) in [5.74, 6) is 0.395. The van der Waals surface area contributed by atoms with E-state index in [0.29, 0.717) is 18.0 Å². The van der Waals surface area contributed by atoms with Gasteiger partial charge in [-0.1, -0.05) is 56.1 Å². The molecule has 0 aliphatic carbocycles. The predicted molar refractivity (Wildman–Crippen MR) is 89.0 cm³/mol. The van der Waals surface area contributed by atoms with Crippen molar-refractivity contribution in [3.8, 4) is 0 Å². The molecule has 2 aromatic carbocycles. The molecular formula is C15H12Br2ClNO. The first-order valence-electron chi connectivity index (χ1n) is 5.96. The van der Waals surface area contributed by atoms with Gasteiger partial charge in [0, 0.05) is 26.9 Å². The van der Waals surface area contributed by atoms with Crippen molar-refractivity contribution in [2.45, 2.75) is 12.4 Å². The Morgan fingerprint density at radius 2 is 1.55 bits per heavy atom. The van der Waals surface area contributed by atoms with Crippen molar-refractivity contribution < 1.29 is 4.79 Å². The number of hydrogen-bond acceptors (Lipinski definition) is 1. The summed E-state index contributed by atoms with van der Waals surface area (Å²) in [6, 6.07) is 13.3. The van der Waals surface area contributed by atoms with Crippen LogP contribution in [0.15, 0.2) is 51.4 Å². The second kappa shape index (κ2) is 7.25. The van der Waals surface area contributed by atoms with Crippen LogP contribution < -0.4 is 5.32 Å². The lowest BCUT2D eigenvalue weighted by Gasteiger charge is -2.07. The maximum absolute atomic E-state index is 12.1. The molecule has 1 N–H and O–H groups in total. The van der Waals surface area contributed by atoms with Crippen molar-refractivity contribution in [1.82, 2.24) is 5.32 Å². The molecule has 0 fully saturated rings. The van der Waals surface area contributed by atoms with Crippen molar-refractivity contribution in [2.75, 3.05) is 0 Å². The van der Waals surface area contributed by atoms with E-state index in [0.717, 1.165) is 20.1 Å². The standard InChI is InChI=1S/C15H12Br2ClNO/c16-13-5-12(6-14(17)7-13)15(20)19-9-11-3-1-10(8-18)2-4-11/h1-7H,8-9H2,(H,19,20). The molecule has 0 aliphatic heterocycles. The molecule has 0 aliphatic rings. The Kier molecular flexibility index (Phi) is 5.64. The fourth-order valence-electron chi connectivity index (χ4n) is 1.72. The SMILES string of the molecule is O=C(NCc1ccc(CCl)cc1)c1cc(Br)cc(Br)c1. The van der Waals surface area contributed by atoms with Crippen LogP contribution in [0.2, 0.25) is 0 Å². The molecule has 0 saturated carbocycles. The molecule has 0 unspecified atom stereocenters. The van der Waals surface area contributed by atoms with Crippen LogP contribution in [0.5, 0.6) is 0 Å². The van der Waals surface area contributed by atoms with Crippen LogP contribution in [0, 0.1) is 0 Å². The summed E-state index contributed by atoms with van der Waals surface area (Å²) in [7, 11) is 0. The predicted octanol–water partition coefficient (Wildman–Crippen LogP) is 4.88. The number of halogens is 3. The molecule has 2 rings (SSSR count). The molecule has 5 heteroatoms. The zero-order valence-corrected chi connectivity index (χ0v) is 14.4. The van der Waals surface area contributed by atoms with E-state index in [1.165, 1.54) is 0 Å². The van der Waals surface area contributed by atoms with Gasteiger partial charge in [-0.15, -0.1) is 11.6 Å². The van der Waals surface area contributed by atoms with E-state index in [1.807, 2.05) is 30.3 Å². The van der Waals surface area contributed by atoms with Gasteiger partial charge in [0.25, 0.3) is 5.91 Å². The maximum Gasteiger partial charge on any atom is 0.251 e. The van der Waals surface area contributed by atoms with Gasteiger partial charge < -0.3 is 5.32 Å². The molecular weight excluding hydrogens is 405 g/mol. The first-order chi connectivity index (χ1) is 9.58. The van der Waals surface area contributed by atoms with Crippen LogP contribution in [0.25, 0.3) is 0 Å². The summed E-state index contributed by atoms with van der Waals surface area (Å²) >= 11 is 12.5. The zero-order valence-electron chi connectivity index (χ0n) is 10.5. The summed E-state index contributed by atoms with van der Waals surface area (Å²) in [6.07, 6.45) is 0. The van der Waals surface area contributed by atoms with E-state index in [9.17, 15) is 4.79 Å². The summed E-state index contributed by atoms with van der Waals surface area (Å²) < 4.78 is 1.73. The third-order valence-corrected chi connectivity index (χ3v) is 3.98. The average Bonchev–Trinajstić information content (AvgIpc) is 2.44. The molecule has 0 bridgehead atoms. The number of carbonyl (C=O) groups excluding carboxylic acids is 1. The first-order valence-corrected chi connectivity index (χ1v) is 8.08. The molecule has 0 heterocycles. The van der Waals surface area contributed by atoms with Gasteiger partial charge in [-0.2, -0.15) is 0 Å². The van der Waals surface area contributed by atoms with Crippen LogP contribution in [0.4, 0.5) is 0 Å². The zero-order chi connectivity index (χ0) is 14.5.